The van der Waals surface area contributed by atoms with Crippen LogP contribution in [0.1, 0.15) is 6.92 Å². The monoisotopic (exact) mass is 116 g/mol. The third-order valence-corrected chi connectivity index (χ3v) is 1.75. The molecule has 1 aliphatic rings. The molecule has 2 heteroatoms. The van der Waals surface area contributed by atoms with Crippen LogP contribution in [-0.2, 0) is 4.74 Å². The summed E-state index contributed by atoms with van der Waals surface area (Å²) in [6.07, 6.45) is 0. The lowest BCUT2D eigenvalue weighted by Gasteiger charge is -2.06. The number of ether oxygens (including phenoxy) is 1. The van der Waals surface area contributed by atoms with E-state index in [0.717, 1.165) is 13.2 Å². The quantitative estimate of drug-likeness (QED) is 0.532. The first-order valence-corrected chi connectivity index (χ1v) is 3.03. The third kappa shape index (κ3) is 1.01. The number of rotatable bonds is 1. The summed E-state index contributed by atoms with van der Waals surface area (Å²) in [5.74, 6) is 0.954. The van der Waals surface area contributed by atoms with Crippen LogP contribution in [0.15, 0.2) is 0 Å². The van der Waals surface area contributed by atoms with Gasteiger partial charge in [-0.05, 0) is 5.92 Å². The lowest BCUT2D eigenvalue weighted by Crippen LogP contribution is -2.12. The van der Waals surface area contributed by atoms with Crippen molar-refractivity contribution in [3.63, 3.8) is 0 Å². The van der Waals surface area contributed by atoms with E-state index >= 15 is 0 Å². The van der Waals surface area contributed by atoms with Gasteiger partial charge >= 0.3 is 0 Å². The molecule has 0 radical (unpaired) electrons. The summed E-state index contributed by atoms with van der Waals surface area (Å²) in [6.45, 7) is 3.96. The van der Waals surface area contributed by atoms with Gasteiger partial charge in [-0.15, -0.1) is 0 Å². The fourth-order valence-electron chi connectivity index (χ4n) is 0.938. The lowest BCUT2D eigenvalue weighted by atomic mass is 10.00. The average Bonchev–Trinajstić information content (AvgIpc) is 2.14. The smallest absolute Gasteiger partial charge is 0.0519 e. The Morgan fingerprint density at radius 1 is 1.62 bits per heavy atom. The van der Waals surface area contributed by atoms with E-state index in [4.69, 9.17) is 9.84 Å². The van der Waals surface area contributed by atoms with Gasteiger partial charge in [0, 0.05) is 19.1 Å². The molecule has 0 aromatic rings. The highest BCUT2D eigenvalue weighted by molar-refractivity contribution is 4.69. The Morgan fingerprint density at radius 3 is 2.62 bits per heavy atom. The molecule has 8 heavy (non-hydrogen) atoms. The van der Waals surface area contributed by atoms with Crippen molar-refractivity contribution in [2.24, 2.45) is 11.8 Å². The Morgan fingerprint density at radius 2 is 2.38 bits per heavy atom. The highest BCUT2D eigenvalue weighted by atomic mass is 16.5. The summed E-state index contributed by atoms with van der Waals surface area (Å²) in [5.41, 5.74) is 0. The van der Waals surface area contributed by atoms with Gasteiger partial charge in [-0.1, -0.05) is 6.92 Å². The average molecular weight is 116 g/mol. The molecule has 1 N–H and O–H groups in total. The van der Waals surface area contributed by atoms with E-state index in [0.29, 0.717) is 11.8 Å². The van der Waals surface area contributed by atoms with E-state index in [-0.39, 0.29) is 6.61 Å². The fraction of sp³-hybridized carbons (Fsp3) is 1.00. The standard InChI is InChI=1S/C6H12O2/c1-5-3-8-4-6(5)2-7/h5-7H,2-4H2,1H3/t5-,6+/m1/s1. The fourth-order valence-corrected chi connectivity index (χ4v) is 0.938. The third-order valence-electron chi connectivity index (χ3n) is 1.75. The molecule has 1 rings (SSSR count). The molecule has 0 aromatic carbocycles. The van der Waals surface area contributed by atoms with Gasteiger partial charge < -0.3 is 9.84 Å². The molecule has 0 aliphatic carbocycles. The van der Waals surface area contributed by atoms with Crippen LogP contribution in [-0.4, -0.2) is 24.9 Å². The molecule has 0 unspecified atom stereocenters. The van der Waals surface area contributed by atoms with Crippen LogP contribution >= 0.6 is 0 Å². The summed E-state index contributed by atoms with van der Waals surface area (Å²) in [5, 5.41) is 8.66. The minimum Gasteiger partial charge on any atom is -0.396 e. The van der Waals surface area contributed by atoms with Crippen molar-refractivity contribution in [3.05, 3.63) is 0 Å². The molecule has 0 aromatic heterocycles. The molecular formula is C6H12O2. The topological polar surface area (TPSA) is 29.5 Å². The van der Waals surface area contributed by atoms with Crippen LogP contribution < -0.4 is 0 Å². The van der Waals surface area contributed by atoms with Crippen molar-refractivity contribution < 1.29 is 9.84 Å². The summed E-state index contributed by atoms with van der Waals surface area (Å²) in [6, 6.07) is 0. The molecule has 0 bridgehead atoms. The van der Waals surface area contributed by atoms with Gasteiger partial charge in [0.2, 0.25) is 0 Å². The van der Waals surface area contributed by atoms with Crippen molar-refractivity contribution in [3.8, 4) is 0 Å². The first-order valence-electron chi connectivity index (χ1n) is 3.03. The normalized spacial score (nSPS) is 38.2. The number of hydrogen-bond acceptors (Lipinski definition) is 2. The minimum atomic E-state index is 0.279. The zero-order valence-corrected chi connectivity index (χ0v) is 5.13. The zero-order chi connectivity index (χ0) is 5.98. The van der Waals surface area contributed by atoms with Crippen molar-refractivity contribution in [1.29, 1.82) is 0 Å². The molecule has 48 valence electrons. The summed E-state index contributed by atoms with van der Waals surface area (Å²) < 4.78 is 5.10. The van der Waals surface area contributed by atoms with E-state index in [9.17, 15) is 0 Å². The second-order valence-corrected chi connectivity index (χ2v) is 2.46. The molecule has 1 saturated heterocycles. The minimum absolute atomic E-state index is 0.279. The van der Waals surface area contributed by atoms with Gasteiger partial charge in [0.05, 0.1) is 6.61 Å². The van der Waals surface area contributed by atoms with Crippen LogP contribution in [0.5, 0.6) is 0 Å². The van der Waals surface area contributed by atoms with Crippen LogP contribution in [0, 0.1) is 11.8 Å². The SMILES string of the molecule is C[C@@H]1COC[C@@H]1CO. The Balaban J connectivity index is 2.30. The summed E-state index contributed by atoms with van der Waals surface area (Å²) in [7, 11) is 0. The van der Waals surface area contributed by atoms with Gasteiger partial charge in [0.25, 0.3) is 0 Å². The van der Waals surface area contributed by atoms with Gasteiger partial charge in [-0.3, -0.25) is 0 Å². The molecule has 1 aliphatic heterocycles. The number of hydrogen-bond donors (Lipinski definition) is 1. The maximum Gasteiger partial charge on any atom is 0.0519 e. The van der Waals surface area contributed by atoms with E-state index in [2.05, 4.69) is 6.92 Å². The van der Waals surface area contributed by atoms with Crippen LogP contribution in [0.4, 0.5) is 0 Å². The van der Waals surface area contributed by atoms with E-state index in [1.807, 2.05) is 0 Å². The second-order valence-electron chi connectivity index (χ2n) is 2.46. The van der Waals surface area contributed by atoms with Crippen molar-refractivity contribution in [2.45, 2.75) is 6.92 Å². The second kappa shape index (κ2) is 2.46. The molecule has 1 heterocycles. The van der Waals surface area contributed by atoms with Crippen molar-refractivity contribution in [1.82, 2.24) is 0 Å². The largest absolute Gasteiger partial charge is 0.396 e. The van der Waals surface area contributed by atoms with Crippen molar-refractivity contribution in [2.75, 3.05) is 19.8 Å². The zero-order valence-electron chi connectivity index (χ0n) is 5.13. The predicted octanol–water partition coefficient (Wildman–Crippen LogP) is 0.261. The Labute approximate surface area is 49.5 Å². The van der Waals surface area contributed by atoms with E-state index < -0.39 is 0 Å². The number of aliphatic hydroxyl groups excluding tert-OH is 1. The van der Waals surface area contributed by atoms with Gasteiger partial charge in [-0.2, -0.15) is 0 Å². The number of aliphatic hydroxyl groups is 1. The predicted molar refractivity (Wildman–Crippen MR) is 30.6 cm³/mol. The lowest BCUT2D eigenvalue weighted by molar-refractivity contribution is 0.160. The molecule has 0 spiro atoms. The molecule has 1 fully saturated rings. The Bertz CT molecular complexity index is 72.9. The van der Waals surface area contributed by atoms with Crippen molar-refractivity contribution >= 4 is 0 Å². The van der Waals surface area contributed by atoms with Gasteiger partial charge in [0.1, 0.15) is 0 Å². The molecular weight excluding hydrogens is 104 g/mol. The Hall–Kier alpha value is -0.0800. The summed E-state index contributed by atoms with van der Waals surface area (Å²) in [4.78, 5) is 0. The van der Waals surface area contributed by atoms with Gasteiger partial charge in [0.15, 0.2) is 0 Å². The molecule has 2 atom stereocenters. The van der Waals surface area contributed by atoms with E-state index in [1.165, 1.54) is 0 Å². The van der Waals surface area contributed by atoms with Crippen LogP contribution in [0.2, 0.25) is 0 Å². The van der Waals surface area contributed by atoms with Gasteiger partial charge in [-0.25, -0.2) is 0 Å². The molecule has 2 nitrogen and oxygen atoms in total. The molecule has 0 saturated carbocycles. The maximum absolute atomic E-state index is 8.66. The van der Waals surface area contributed by atoms with E-state index in [1.54, 1.807) is 0 Å². The summed E-state index contributed by atoms with van der Waals surface area (Å²) >= 11 is 0. The first-order chi connectivity index (χ1) is 3.84. The van der Waals surface area contributed by atoms with Crippen LogP contribution in [0.3, 0.4) is 0 Å². The Kier molecular flexibility index (Phi) is 1.86. The highest BCUT2D eigenvalue weighted by Gasteiger charge is 2.22. The highest BCUT2D eigenvalue weighted by Crippen LogP contribution is 2.18. The molecule has 0 amide bonds. The van der Waals surface area contributed by atoms with Crippen LogP contribution in [0.25, 0.3) is 0 Å². The first kappa shape index (κ1) is 6.05. The maximum atomic E-state index is 8.66.